The van der Waals surface area contributed by atoms with Gasteiger partial charge in [-0.15, -0.1) is 0 Å². The fraction of sp³-hybridized carbons (Fsp3) is 0.250. The van der Waals surface area contributed by atoms with Crippen LogP contribution < -0.4 is 14.4 Å². The molecule has 0 saturated carbocycles. The van der Waals surface area contributed by atoms with Gasteiger partial charge in [0.25, 0.3) is 5.91 Å². The van der Waals surface area contributed by atoms with E-state index in [4.69, 9.17) is 31.1 Å². The number of hydrogen-bond acceptors (Lipinski definition) is 6. The molecular formula is C20H19ClN2O5. The third-order valence-electron chi connectivity index (χ3n) is 3.68. The van der Waals surface area contributed by atoms with Crippen LogP contribution in [0.2, 0.25) is 5.02 Å². The predicted molar refractivity (Wildman–Crippen MR) is 104 cm³/mol. The van der Waals surface area contributed by atoms with Crippen molar-refractivity contribution in [3.8, 4) is 17.6 Å². The van der Waals surface area contributed by atoms with Crippen molar-refractivity contribution in [2.45, 2.75) is 6.92 Å². The van der Waals surface area contributed by atoms with Crippen LogP contribution in [0.1, 0.15) is 17.3 Å². The molecule has 146 valence electrons. The maximum atomic E-state index is 12.4. The summed E-state index contributed by atoms with van der Waals surface area (Å²) in [5.41, 5.74) is 0.653. The van der Waals surface area contributed by atoms with Gasteiger partial charge in [-0.05, 0) is 31.2 Å². The van der Waals surface area contributed by atoms with Gasteiger partial charge in [0, 0.05) is 5.69 Å². The maximum absolute atomic E-state index is 12.4. The minimum absolute atomic E-state index is 0.115. The largest absolute Gasteiger partial charge is 0.493 e. The molecule has 8 heteroatoms. The van der Waals surface area contributed by atoms with Crippen molar-refractivity contribution in [3.05, 3.63) is 53.1 Å². The Kier molecular flexibility index (Phi) is 7.66. The summed E-state index contributed by atoms with van der Waals surface area (Å²) in [6.07, 6.45) is 0. The smallest absolute Gasteiger partial charge is 0.338 e. The van der Waals surface area contributed by atoms with E-state index in [1.807, 2.05) is 6.07 Å². The second-order valence-electron chi connectivity index (χ2n) is 5.47. The maximum Gasteiger partial charge on any atom is 0.338 e. The number of amides is 1. The summed E-state index contributed by atoms with van der Waals surface area (Å²) in [6, 6.07) is 13.4. The van der Waals surface area contributed by atoms with Crippen molar-refractivity contribution >= 4 is 29.2 Å². The Hall–Kier alpha value is -3.24. The zero-order chi connectivity index (χ0) is 20.5. The summed E-state index contributed by atoms with van der Waals surface area (Å²) in [7, 11) is 1.42. The zero-order valence-corrected chi connectivity index (χ0v) is 16.2. The number of esters is 1. The van der Waals surface area contributed by atoms with Crippen LogP contribution in [0.15, 0.2) is 42.5 Å². The fourth-order valence-electron chi connectivity index (χ4n) is 2.41. The van der Waals surface area contributed by atoms with Crippen LogP contribution in [0.4, 0.5) is 5.69 Å². The van der Waals surface area contributed by atoms with Crippen LogP contribution in [-0.4, -0.2) is 38.7 Å². The average molecular weight is 403 g/mol. The lowest BCUT2D eigenvalue weighted by atomic mass is 10.2. The first-order chi connectivity index (χ1) is 13.5. The molecule has 0 aliphatic rings. The highest BCUT2D eigenvalue weighted by atomic mass is 35.5. The van der Waals surface area contributed by atoms with Gasteiger partial charge in [-0.3, -0.25) is 9.69 Å². The molecule has 0 saturated heterocycles. The number of methoxy groups -OCH3 is 1. The highest BCUT2D eigenvalue weighted by Crippen LogP contribution is 2.36. The Labute approximate surface area is 168 Å². The van der Waals surface area contributed by atoms with Gasteiger partial charge in [-0.25, -0.2) is 4.79 Å². The lowest BCUT2D eigenvalue weighted by molar-refractivity contribution is -0.121. The Morgan fingerprint density at radius 3 is 2.54 bits per heavy atom. The molecule has 2 aromatic rings. The number of carbonyl (C=O) groups excluding carboxylic acids is 2. The van der Waals surface area contributed by atoms with E-state index in [0.29, 0.717) is 18.0 Å². The molecule has 0 unspecified atom stereocenters. The molecule has 0 spiro atoms. The van der Waals surface area contributed by atoms with Crippen LogP contribution in [0.25, 0.3) is 0 Å². The van der Waals surface area contributed by atoms with Crippen molar-refractivity contribution in [2.24, 2.45) is 0 Å². The van der Waals surface area contributed by atoms with E-state index in [9.17, 15) is 9.59 Å². The molecular weight excluding hydrogens is 384 g/mol. The Morgan fingerprint density at radius 2 is 1.93 bits per heavy atom. The standard InChI is InChI=1S/C20H19ClN2O5/c1-3-27-19-16(21)11-14(12-17(19)26-2)20(25)28-13-18(24)23(10-9-22)15-7-5-4-6-8-15/h4-8,11-12H,3,10,13H2,1-2H3. The van der Waals surface area contributed by atoms with Crippen molar-refractivity contribution in [2.75, 3.05) is 31.8 Å². The molecule has 0 aromatic heterocycles. The Balaban J connectivity index is 2.11. The first-order valence-electron chi connectivity index (χ1n) is 8.41. The van der Waals surface area contributed by atoms with E-state index in [-0.39, 0.29) is 22.9 Å². The van der Waals surface area contributed by atoms with E-state index in [2.05, 4.69) is 0 Å². The fourth-order valence-corrected chi connectivity index (χ4v) is 2.68. The average Bonchev–Trinajstić information content (AvgIpc) is 2.71. The number of nitriles is 1. The summed E-state index contributed by atoms with van der Waals surface area (Å²) in [5, 5.41) is 9.16. The van der Waals surface area contributed by atoms with E-state index in [1.54, 1.807) is 37.3 Å². The van der Waals surface area contributed by atoms with Gasteiger partial charge in [-0.1, -0.05) is 29.8 Å². The predicted octanol–water partition coefficient (Wildman–Crippen LogP) is 3.46. The number of para-hydroxylation sites is 1. The number of halogens is 1. The summed E-state index contributed by atoms with van der Waals surface area (Å²) in [6.45, 7) is 1.48. The van der Waals surface area contributed by atoms with Crippen molar-refractivity contribution < 1.29 is 23.8 Å². The highest BCUT2D eigenvalue weighted by molar-refractivity contribution is 6.32. The molecule has 0 bridgehead atoms. The molecule has 0 aliphatic carbocycles. The van der Waals surface area contributed by atoms with Crippen LogP contribution in [0.3, 0.4) is 0 Å². The SMILES string of the molecule is CCOc1c(Cl)cc(C(=O)OCC(=O)N(CC#N)c2ccccc2)cc1OC. The molecule has 0 fully saturated rings. The minimum Gasteiger partial charge on any atom is -0.493 e. The number of carbonyl (C=O) groups is 2. The number of hydrogen-bond donors (Lipinski definition) is 0. The monoisotopic (exact) mass is 402 g/mol. The third kappa shape index (κ3) is 5.15. The van der Waals surface area contributed by atoms with Crippen molar-refractivity contribution in [1.29, 1.82) is 5.26 Å². The zero-order valence-electron chi connectivity index (χ0n) is 15.5. The number of anilines is 1. The summed E-state index contributed by atoms with van der Waals surface area (Å²) in [5.74, 6) is -0.668. The first-order valence-corrected chi connectivity index (χ1v) is 8.79. The van der Waals surface area contributed by atoms with Gasteiger partial charge >= 0.3 is 5.97 Å². The van der Waals surface area contributed by atoms with Crippen LogP contribution >= 0.6 is 11.6 Å². The molecule has 0 aliphatic heterocycles. The molecule has 28 heavy (non-hydrogen) atoms. The van der Waals surface area contributed by atoms with Gasteiger partial charge in [0.1, 0.15) is 6.54 Å². The number of ether oxygens (including phenoxy) is 3. The minimum atomic E-state index is -0.749. The van der Waals surface area contributed by atoms with Crippen LogP contribution in [0, 0.1) is 11.3 Å². The van der Waals surface area contributed by atoms with Crippen LogP contribution in [0.5, 0.6) is 11.5 Å². The van der Waals surface area contributed by atoms with Gasteiger partial charge in [0.15, 0.2) is 18.1 Å². The highest BCUT2D eigenvalue weighted by Gasteiger charge is 2.20. The Morgan fingerprint density at radius 1 is 1.21 bits per heavy atom. The van der Waals surface area contributed by atoms with Crippen LogP contribution in [-0.2, 0) is 9.53 Å². The normalized spacial score (nSPS) is 9.93. The Bertz CT molecular complexity index is 880. The van der Waals surface area contributed by atoms with E-state index < -0.39 is 18.5 Å². The molecule has 0 heterocycles. The number of rotatable bonds is 8. The summed E-state index contributed by atoms with van der Waals surface area (Å²) in [4.78, 5) is 26.0. The third-order valence-corrected chi connectivity index (χ3v) is 3.96. The molecule has 2 aromatic carbocycles. The lowest BCUT2D eigenvalue weighted by Gasteiger charge is -2.19. The molecule has 1 amide bonds. The lowest BCUT2D eigenvalue weighted by Crippen LogP contribution is -2.35. The van der Waals surface area contributed by atoms with E-state index in [0.717, 1.165) is 0 Å². The molecule has 2 rings (SSSR count). The van der Waals surface area contributed by atoms with Gasteiger partial charge in [0.05, 0.1) is 30.4 Å². The second kappa shape index (κ2) is 10.2. The molecule has 0 N–H and O–H groups in total. The summed E-state index contributed by atoms with van der Waals surface area (Å²) >= 11 is 6.15. The number of nitrogens with zero attached hydrogens (tertiary/aromatic N) is 2. The first kappa shape index (κ1) is 21.1. The van der Waals surface area contributed by atoms with Gasteiger partial charge in [0.2, 0.25) is 0 Å². The van der Waals surface area contributed by atoms with Gasteiger partial charge < -0.3 is 14.2 Å². The number of benzene rings is 2. The van der Waals surface area contributed by atoms with Crippen molar-refractivity contribution in [3.63, 3.8) is 0 Å². The summed E-state index contributed by atoms with van der Waals surface area (Å²) < 4.78 is 15.7. The van der Waals surface area contributed by atoms with Gasteiger partial charge in [-0.2, -0.15) is 5.26 Å². The van der Waals surface area contributed by atoms with E-state index >= 15 is 0 Å². The van der Waals surface area contributed by atoms with E-state index in [1.165, 1.54) is 24.1 Å². The quantitative estimate of drug-likeness (QED) is 0.496. The molecule has 7 nitrogen and oxygen atoms in total. The van der Waals surface area contributed by atoms with Crippen molar-refractivity contribution in [1.82, 2.24) is 0 Å². The second-order valence-corrected chi connectivity index (χ2v) is 5.88. The molecule has 0 radical (unpaired) electrons. The molecule has 0 atom stereocenters. The topological polar surface area (TPSA) is 88.9 Å².